The molecule has 2 atom stereocenters. The zero-order chi connectivity index (χ0) is 13.8. The molecule has 1 saturated heterocycles. The first kappa shape index (κ1) is 13.5. The Morgan fingerprint density at radius 3 is 2.63 bits per heavy atom. The number of likely N-dealkylation sites (tertiary alicyclic amines) is 1. The molecule has 1 N–H and O–H groups in total. The highest BCUT2D eigenvalue weighted by Gasteiger charge is 2.40. The van der Waals surface area contributed by atoms with Gasteiger partial charge in [-0.2, -0.15) is 4.89 Å². The van der Waals surface area contributed by atoms with Gasteiger partial charge in [0.25, 0.3) is 5.91 Å². The lowest BCUT2D eigenvalue weighted by molar-refractivity contribution is -0.258. The second-order valence-corrected chi connectivity index (χ2v) is 4.30. The Labute approximate surface area is 110 Å². The lowest BCUT2D eigenvalue weighted by Gasteiger charge is -2.22. The van der Waals surface area contributed by atoms with E-state index in [9.17, 15) is 14.7 Å². The SMILES string of the molecule is COOC(=O)[C@@H]1C[C@@H](O)CN1C(=O)c1ccccc1. The summed E-state index contributed by atoms with van der Waals surface area (Å²) in [6, 6.07) is 7.77. The lowest BCUT2D eigenvalue weighted by atomic mass is 10.1. The molecule has 0 unspecified atom stereocenters. The molecule has 1 fully saturated rings. The second kappa shape index (κ2) is 5.81. The van der Waals surface area contributed by atoms with Crippen molar-refractivity contribution in [3.05, 3.63) is 35.9 Å². The molecule has 2 rings (SSSR count). The quantitative estimate of drug-likeness (QED) is 0.631. The van der Waals surface area contributed by atoms with Gasteiger partial charge in [-0.1, -0.05) is 18.2 Å². The van der Waals surface area contributed by atoms with Gasteiger partial charge in [0, 0.05) is 18.5 Å². The maximum atomic E-state index is 12.3. The Hall–Kier alpha value is -1.92. The Morgan fingerprint density at radius 2 is 2.00 bits per heavy atom. The first-order chi connectivity index (χ1) is 9.13. The van der Waals surface area contributed by atoms with E-state index in [0.29, 0.717) is 5.56 Å². The van der Waals surface area contributed by atoms with Crippen molar-refractivity contribution in [3.8, 4) is 0 Å². The Balaban J connectivity index is 2.17. The summed E-state index contributed by atoms with van der Waals surface area (Å²) in [6.07, 6.45) is -0.581. The van der Waals surface area contributed by atoms with Gasteiger partial charge in [0.1, 0.15) is 6.04 Å². The molecule has 19 heavy (non-hydrogen) atoms. The zero-order valence-corrected chi connectivity index (χ0v) is 10.5. The standard InChI is InChI=1S/C13H15NO5/c1-18-19-13(17)11-7-10(15)8-14(11)12(16)9-5-3-2-4-6-9/h2-6,10-11,15H,7-8H2,1H3/t10-,11+/m1/s1. The van der Waals surface area contributed by atoms with Crippen molar-refractivity contribution in [1.82, 2.24) is 4.90 Å². The lowest BCUT2D eigenvalue weighted by Crippen LogP contribution is -2.41. The van der Waals surface area contributed by atoms with Crippen molar-refractivity contribution in [2.75, 3.05) is 13.7 Å². The minimum atomic E-state index is -0.817. The molecule has 1 aromatic rings. The Kier molecular flexibility index (Phi) is 4.13. The smallest absolute Gasteiger partial charge is 0.364 e. The fraction of sp³-hybridized carbons (Fsp3) is 0.385. The summed E-state index contributed by atoms with van der Waals surface area (Å²) in [5.74, 6) is -0.987. The fourth-order valence-electron chi connectivity index (χ4n) is 2.15. The van der Waals surface area contributed by atoms with Crippen molar-refractivity contribution in [1.29, 1.82) is 0 Å². The highest BCUT2D eigenvalue weighted by atomic mass is 17.2. The number of hydrogen-bond acceptors (Lipinski definition) is 5. The van der Waals surface area contributed by atoms with E-state index in [2.05, 4.69) is 9.78 Å². The van der Waals surface area contributed by atoms with Crippen molar-refractivity contribution >= 4 is 11.9 Å². The van der Waals surface area contributed by atoms with Gasteiger partial charge in [0.15, 0.2) is 0 Å². The van der Waals surface area contributed by atoms with E-state index >= 15 is 0 Å². The van der Waals surface area contributed by atoms with Crippen LogP contribution in [0.5, 0.6) is 0 Å². The normalized spacial score (nSPS) is 22.3. The molecule has 1 amide bonds. The van der Waals surface area contributed by atoms with Gasteiger partial charge in [-0.15, -0.1) is 0 Å². The average molecular weight is 265 g/mol. The summed E-state index contributed by atoms with van der Waals surface area (Å²) < 4.78 is 0. The highest BCUT2D eigenvalue weighted by Crippen LogP contribution is 2.21. The molecule has 0 aliphatic carbocycles. The van der Waals surface area contributed by atoms with Crippen LogP contribution >= 0.6 is 0 Å². The summed E-state index contributed by atoms with van der Waals surface area (Å²) in [5.41, 5.74) is 0.465. The summed E-state index contributed by atoms with van der Waals surface area (Å²) in [6.45, 7) is 0.108. The molecule has 6 nitrogen and oxygen atoms in total. The molecule has 0 bridgehead atoms. The number of rotatable bonds is 3. The molecule has 1 aromatic carbocycles. The molecule has 6 heteroatoms. The Bertz CT molecular complexity index is 461. The molecule has 0 aromatic heterocycles. The maximum Gasteiger partial charge on any atom is 0.364 e. The van der Waals surface area contributed by atoms with Gasteiger partial charge in [0.2, 0.25) is 0 Å². The van der Waals surface area contributed by atoms with Crippen LogP contribution in [0.1, 0.15) is 16.8 Å². The molecule has 102 valence electrons. The first-order valence-corrected chi connectivity index (χ1v) is 5.92. The average Bonchev–Trinajstić information content (AvgIpc) is 2.81. The van der Waals surface area contributed by atoms with E-state index < -0.39 is 18.1 Å². The van der Waals surface area contributed by atoms with Gasteiger partial charge in [0.05, 0.1) is 13.2 Å². The van der Waals surface area contributed by atoms with Crippen LogP contribution in [0.3, 0.4) is 0 Å². The monoisotopic (exact) mass is 265 g/mol. The summed E-state index contributed by atoms with van der Waals surface area (Å²) in [4.78, 5) is 34.0. The van der Waals surface area contributed by atoms with Gasteiger partial charge >= 0.3 is 5.97 Å². The summed E-state index contributed by atoms with van der Waals surface area (Å²) in [5, 5.41) is 9.64. The van der Waals surface area contributed by atoms with Gasteiger partial charge < -0.3 is 10.0 Å². The van der Waals surface area contributed by atoms with E-state index in [4.69, 9.17) is 0 Å². The van der Waals surface area contributed by atoms with Crippen LogP contribution in [-0.4, -0.2) is 47.7 Å². The van der Waals surface area contributed by atoms with Gasteiger partial charge in [-0.3, -0.25) is 9.68 Å². The highest BCUT2D eigenvalue weighted by molar-refractivity contribution is 5.97. The number of hydrogen-bond donors (Lipinski definition) is 1. The third-order valence-electron chi connectivity index (χ3n) is 3.00. The van der Waals surface area contributed by atoms with Gasteiger partial charge in [-0.25, -0.2) is 4.79 Å². The molecule has 1 aliphatic rings. The molecular formula is C13H15NO5. The van der Waals surface area contributed by atoms with Crippen molar-refractivity contribution < 1.29 is 24.5 Å². The number of aliphatic hydroxyl groups is 1. The number of β-amino-alcohol motifs (C(OH)–C–C–N with tert-alkyl or cyclic N) is 1. The van der Waals surface area contributed by atoms with E-state index in [1.807, 2.05) is 0 Å². The van der Waals surface area contributed by atoms with E-state index in [0.717, 1.165) is 0 Å². The third-order valence-corrected chi connectivity index (χ3v) is 3.00. The second-order valence-electron chi connectivity index (χ2n) is 4.30. The van der Waals surface area contributed by atoms with Crippen LogP contribution in [0.2, 0.25) is 0 Å². The van der Waals surface area contributed by atoms with E-state index in [1.165, 1.54) is 12.0 Å². The number of benzene rings is 1. The minimum Gasteiger partial charge on any atom is -0.391 e. The predicted molar refractivity (Wildman–Crippen MR) is 65.0 cm³/mol. The van der Waals surface area contributed by atoms with Crippen molar-refractivity contribution in [2.24, 2.45) is 0 Å². The molecule has 1 aliphatic heterocycles. The molecular weight excluding hydrogens is 250 g/mol. The fourth-order valence-corrected chi connectivity index (χ4v) is 2.15. The van der Waals surface area contributed by atoms with E-state index in [-0.39, 0.29) is 18.9 Å². The summed E-state index contributed by atoms with van der Waals surface area (Å²) in [7, 11) is 1.21. The predicted octanol–water partition coefficient (Wildman–Crippen LogP) is 0.367. The summed E-state index contributed by atoms with van der Waals surface area (Å²) >= 11 is 0. The first-order valence-electron chi connectivity index (χ1n) is 5.92. The van der Waals surface area contributed by atoms with Crippen LogP contribution in [-0.2, 0) is 14.6 Å². The largest absolute Gasteiger partial charge is 0.391 e. The van der Waals surface area contributed by atoms with Crippen LogP contribution in [0.4, 0.5) is 0 Å². The minimum absolute atomic E-state index is 0.108. The number of nitrogens with zero attached hydrogens (tertiary/aromatic N) is 1. The number of carbonyl (C=O) groups is 2. The number of carbonyl (C=O) groups excluding carboxylic acids is 2. The zero-order valence-electron chi connectivity index (χ0n) is 10.5. The van der Waals surface area contributed by atoms with Crippen molar-refractivity contribution in [2.45, 2.75) is 18.6 Å². The molecule has 0 spiro atoms. The number of aliphatic hydroxyl groups excluding tert-OH is 1. The van der Waals surface area contributed by atoms with Crippen molar-refractivity contribution in [3.63, 3.8) is 0 Å². The van der Waals surface area contributed by atoms with E-state index in [1.54, 1.807) is 30.3 Å². The molecule has 0 radical (unpaired) electrons. The third kappa shape index (κ3) is 2.91. The van der Waals surface area contributed by atoms with Crippen LogP contribution < -0.4 is 0 Å². The van der Waals surface area contributed by atoms with Crippen LogP contribution in [0.25, 0.3) is 0 Å². The van der Waals surface area contributed by atoms with Crippen LogP contribution in [0.15, 0.2) is 30.3 Å². The Morgan fingerprint density at radius 1 is 1.32 bits per heavy atom. The molecule has 0 saturated carbocycles. The topological polar surface area (TPSA) is 76.1 Å². The van der Waals surface area contributed by atoms with Crippen LogP contribution in [0, 0.1) is 0 Å². The molecule has 1 heterocycles. The number of amides is 1. The van der Waals surface area contributed by atoms with Gasteiger partial charge in [-0.05, 0) is 12.1 Å². The maximum absolute atomic E-state index is 12.3.